The first kappa shape index (κ1) is 20.5. The lowest BCUT2D eigenvalue weighted by Crippen LogP contribution is -2.49. The molecule has 1 aliphatic rings. The lowest BCUT2D eigenvalue weighted by atomic mass is 9.89. The zero-order chi connectivity index (χ0) is 21.5. The number of alkyl halides is 3. The number of rotatable bonds is 5. The summed E-state index contributed by atoms with van der Waals surface area (Å²) < 4.78 is 45.9. The molecule has 1 fully saturated rings. The number of benzene rings is 1. The quantitative estimate of drug-likeness (QED) is 0.633. The van der Waals surface area contributed by atoms with Crippen LogP contribution in [0.4, 0.5) is 13.2 Å². The third-order valence-electron chi connectivity index (χ3n) is 5.02. The summed E-state index contributed by atoms with van der Waals surface area (Å²) >= 11 is 5.85. The molecule has 1 aromatic carbocycles. The fourth-order valence-corrected chi connectivity index (χ4v) is 3.68. The number of fused-ring (bicyclic) bond motifs is 1. The van der Waals surface area contributed by atoms with Crippen molar-refractivity contribution in [1.82, 2.24) is 14.9 Å². The van der Waals surface area contributed by atoms with Crippen LogP contribution in [0.15, 0.2) is 42.6 Å². The van der Waals surface area contributed by atoms with Crippen LogP contribution in [0.5, 0.6) is 5.75 Å². The van der Waals surface area contributed by atoms with Gasteiger partial charge in [-0.2, -0.15) is 18.3 Å². The summed E-state index contributed by atoms with van der Waals surface area (Å²) in [4.78, 5) is 12.6. The summed E-state index contributed by atoms with van der Waals surface area (Å²) in [6.45, 7) is -0.209. The molecule has 0 aliphatic heterocycles. The molecule has 3 aromatic rings. The van der Waals surface area contributed by atoms with Gasteiger partial charge in [0.15, 0.2) is 0 Å². The van der Waals surface area contributed by atoms with Gasteiger partial charge in [0.1, 0.15) is 11.9 Å². The van der Waals surface area contributed by atoms with Crippen molar-refractivity contribution in [3.05, 3.63) is 64.4 Å². The molecule has 1 aliphatic carbocycles. The zero-order valence-electron chi connectivity index (χ0n) is 15.5. The maximum Gasteiger partial charge on any atom is 0.417 e. The van der Waals surface area contributed by atoms with E-state index in [-0.39, 0.29) is 30.4 Å². The number of pyridine rings is 1. The first-order valence-electron chi connectivity index (χ1n) is 9.17. The number of halogens is 4. The van der Waals surface area contributed by atoms with Crippen LogP contribution in [-0.4, -0.2) is 32.8 Å². The molecule has 2 N–H and O–H groups in total. The normalized spacial score (nSPS) is 18.8. The van der Waals surface area contributed by atoms with Gasteiger partial charge in [0.2, 0.25) is 0 Å². The van der Waals surface area contributed by atoms with Crippen LogP contribution in [0.2, 0.25) is 5.02 Å². The van der Waals surface area contributed by atoms with Gasteiger partial charge in [-0.15, -0.1) is 0 Å². The molecule has 2 heterocycles. The predicted molar refractivity (Wildman–Crippen MR) is 102 cm³/mol. The Labute approximate surface area is 174 Å². The van der Waals surface area contributed by atoms with E-state index >= 15 is 0 Å². The Balaban J connectivity index is 1.38. The standard InChI is InChI=1S/C20H17ClF3N3O3/c21-18-15(20(22,23)24)4-2-6-17(18)30-13-7-11(8-13)26-19(29)14-9-25-27-12(10-28)3-1-5-16(14)27/h1-6,9,11,13,28H,7-8,10H2,(H,26,29). The second-order valence-corrected chi connectivity index (χ2v) is 7.41. The fourth-order valence-electron chi connectivity index (χ4n) is 3.41. The Hall–Kier alpha value is -2.78. The number of carbonyl (C=O) groups is 1. The number of carbonyl (C=O) groups excluding carboxylic acids is 1. The van der Waals surface area contributed by atoms with Crippen molar-refractivity contribution in [3.8, 4) is 5.75 Å². The van der Waals surface area contributed by atoms with Crippen molar-refractivity contribution >= 4 is 23.0 Å². The van der Waals surface area contributed by atoms with E-state index in [4.69, 9.17) is 16.3 Å². The molecular formula is C20H17ClF3N3O3. The summed E-state index contributed by atoms with van der Waals surface area (Å²) in [6.07, 6.45) is -2.59. The highest BCUT2D eigenvalue weighted by molar-refractivity contribution is 6.32. The van der Waals surface area contributed by atoms with Crippen LogP contribution in [0.3, 0.4) is 0 Å². The highest BCUT2D eigenvalue weighted by Crippen LogP contribution is 2.40. The van der Waals surface area contributed by atoms with E-state index in [1.165, 1.54) is 22.8 Å². The van der Waals surface area contributed by atoms with Crippen molar-refractivity contribution in [3.63, 3.8) is 0 Å². The topological polar surface area (TPSA) is 75.9 Å². The number of nitrogens with zero attached hydrogens (tertiary/aromatic N) is 2. The second kappa shape index (κ2) is 7.81. The number of hydrogen-bond donors (Lipinski definition) is 2. The van der Waals surface area contributed by atoms with Crippen LogP contribution in [0, 0.1) is 0 Å². The minimum Gasteiger partial charge on any atom is -0.489 e. The number of aromatic nitrogens is 2. The molecule has 1 amide bonds. The Morgan fingerprint density at radius 1 is 1.27 bits per heavy atom. The number of ether oxygens (including phenoxy) is 1. The van der Waals surface area contributed by atoms with Gasteiger partial charge in [-0.3, -0.25) is 4.79 Å². The number of amides is 1. The van der Waals surface area contributed by atoms with Crippen molar-refractivity contribution in [1.29, 1.82) is 0 Å². The molecule has 4 rings (SSSR count). The minimum absolute atomic E-state index is 0.0274. The van der Waals surface area contributed by atoms with Crippen molar-refractivity contribution in [2.24, 2.45) is 0 Å². The van der Waals surface area contributed by atoms with Gasteiger partial charge >= 0.3 is 6.18 Å². The largest absolute Gasteiger partial charge is 0.489 e. The second-order valence-electron chi connectivity index (χ2n) is 7.03. The monoisotopic (exact) mass is 439 g/mol. The van der Waals surface area contributed by atoms with E-state index in [0.717, 1.165) is 6.07 Å². The highest BCUT2D eigenvalue weighted by Gasteiger charge is 2.36. The minimum atomic E-state index is -4.56. The zero-order valence-corrected chi connectivity index (χ0v) is 16.2. The molecule has 1 saturated carbocycles. The van der Waals surface area contributed by atoms with Gasteiger partial charge in [0.05, 0.1) is 40.2 Å². The average molecular weight is 440 g/mol. The Kier molecular flexibility index (Phi) is 5.33. The Bertz CT molecular complexity index is 1090. The summed E-state index contributed by atoms with van der Waals surface area (Å²) in [5.41, 5.74) is 0.556. The van der Waals surface area contributed by atoms with Gasteiger partial charge in [-0.25, -0.2) is 4.52 Å². The molecule has 0 spiro atoms. The van der Waals surface area contributed by atoms with Gasteiger partial charge in [-0.05, 0) is 24.3 Å². The third-order valence-corrected chi connectivity index (χ3v) is 5.41. The van der Waals surface area contributed by atoms with Gasteiger partial charge in [-0.1, -0.05) is 23.7 Å². The fraction of sp³-hybridized carbons (Fsp3) is 0.300. The van der Waals surface area contributed by atoms with E-state index in [9.17, 15) is 23.1 Å². The summed E-state index contributed by atoms with van der Waals surface area (Å²) in [7, 11) is 0. The molecule has 0 unspecified atom stereocenters. The van der Waals surface area contributed by atoms with Crippen molar-refractivity contribution in [2.75, 3.05) is 0 Å². The van der Waals surface area contributed by atoms with Crippen molar-refractivity contribution < 1.29 is 27.8 Å². The summed E-state index contributed by atoms with van der Waals surface area (Å²) in [5.74, 6) is -0.346. The van der Waals surface area contributed by atoms with Gasteiger partial charge in [0.25, 0.3) is 5.91 Å². The summed E-state index contributed by atoms with van der Waals surface area (Å²) in [5, 5.41) is 15.9. The molecule has 30 heavy (non-hydrogen) atoms. The maximum absolute atomic E-state index is 13.0. The maximum atomic E-state index is 13.0. The van der Waals surface area contributed by atoms with Gasteiger partial charge in [0, 0.05) is 18.9 Å². The first-order valence-corrected chi connectivity index (χ1v) is 9.55. The highest BCUT2D eigenvalue weighted by atomic mass is 35.5. The number of aliphatic hydroxyl groups excluding tert-OH is 1. The van der Waals surface area contributed by atoms with Crippen LogP contribution < -0.4 is 10.1 Å². The van der Waals surface area contributed by atoms with E-state index in [2.05, 4.69) is 10.4 Å². The van der Waals surface area contributed by atoms with Crippen LogP contribution >= 0.6 is 11.6 Å². The van der Waals surface area contributed by atoms with Crippen LogP contribution in [-0.2, 0) is 12.8 Å². The number of nitrogens with one attached hydrogen (secondary N) is 1. The molecular weight excluding hydrogens is 423 g/mol. The predicted octanol–water partition coefficient (Wildman–Crippen LogP) is 3.84. The average Bonchev–Trinajstić information content (AvgIpc) is 3.11. The smallest absolute Gasteiger partial charge is 0.417 e. The molecule has 6 nitrogen and oxygen atoms in total. The Morgan fingerprint density at radius 2 is 2.00 bits per heavy atom. The van der Waals surface area contributed by atoms with E-state index in [1.807, 2.05) is 0 Å². The van der Waals surface area contributed by atoms with Crippen molar-refractivity contribution in [2.45, 2.75) is 37.8 Å². The van der Waals surface area contributed by atoms with Crippen LogP contribution in [0.25, 0.3) is 5.52 Å². The SMILES string of the molecule is O=C(NC1CC(Oc2cccc(C(F)(F)F)c2Cl)C1)c1cnn2c(CO)cccc12. The molecule has 10 heteroatoms. The Morgan fingerprint density at radius 3 is 2.70 bits per heavy atom. The molecule has 0 atom stereocenters. The van der Waals surface area contributed by atoms with Crippen LogP contribution in [0.1, 0.15) is 34.5 Å². The lowest BCUT2D eigenvalue weighted by Gasteiger charge is -2.36. The van der Waals surface area contributed by atoms with E-state index < -0.39 is 16.8 Å². The lowest BCUT2D eigenvalue weighted by molar-refractivity contribution is -0.137. The molecule has 0 bridgehead atoms. The summed E-state index contributed by atoms with van der Waals surface area (Å²) in [6, 6.07) is 8.51. The molecule has 2 aromatic heterocycles. The number of hydrogen-bond acceptors (Lipinski definition) is 4. The molecule has 0 radical (unpaired) electrons. The van der Waals surface area contributed by atoms with Gasteiger partial charge < -0.3 is 15.2 Å². The first-order chi connectivity index (χ1) is 14.3. The van der Waals surface area contributed by atoms with E-state index in [0.29, 0.717) is 29.6 Å². The van der Waals surface area contributed by atoms with E-state index in [1.54, 1.807) is 18.2 Å². The molecule has 0 saturated heterocycles. The third kappa shape index (κ3) is 3.82. The number of aliphatic hydroxyl groups is 1. The molecule has 158 valence electrons.